The predicted molar refractivity (Wildman–Crippen MR) is 81.1 cm³/mol. The van der Waals surface area contributed by atoms with Crippen LogP contribution < -0.4 is 5.73 Å². The lowest BCUT2D eigenvalue weighted by molar-refractivity contribution is 0.684. The van der Waals surface area contributed by atoms with Gasteiger partial charge in [0.1, 0.15) is 17.3 Å². The number of imidazole rings is 1. The minimum atomic E-state index is 0.333. The number of anilines is 1. The molecular weight excluding hydrogens is 234 g/mol. The molecule has 0 saturated heterocycles. The number of hydrogen-bond donors (Lipinski definition) is 1. The first-order valence-electron chi connectivity index (χ1n) is 6.59. The number of aromatic nitrogens is 2. The van der Waals surface area contributed by atoms with E-state index in [1.165, 1.54) is 5.56 Å². The quantitative estimate of drug-likeness (QED) is 0.845. The predicted octanol–water partition coefficient (Wildman–Crippen LogP) is 3.75. The molecule has 0 spiro atoms. The third-order valence-electron chi connectivity index (χ3n) is 3.26. The van der Waals surface area contributed by atoms with Crippen LogP contribution in [0.4, 0.5) is 5.82 Å². The zero-order valence-electron chi connectivity index (χ0n) is 11.9. The van der Waals surface area contributed by atoms with Crippen LogP contribution >= 0.6 is 0 Å². The lowest BCUT2D eigenvalue weighted by Crippen LogP contribution is -2.07. The highest BCUT2D eigenvalue weighted by Gasteiger charge is 2.18. The number of allylic oxidation sites excluding steroid dienone is 1. The van der Waals surface area contributed by atoms with Crippen LogP contribution in [-0.4, -0.2) is 9.55 Å². The Hall–Kier alpha value is -2.03. The fraction of sp³-hybridized carbons (Fsp3) is 0.312. The van der Waals surface area contributed by atoms with Gasteiger partial charge in [0.25, 0.3) is 0 Å². The Kier molecular flexibility index (Phi) is 3.74. The first-order chi connectivity index (χ1) is 9.06. The van der Waals surface area contributed by atoms with Crippen molar-refractivity contribution in [3.05, 3.63) is 48.3 Å². The van der Waals surface area contributed by atoms with Gasteiger partial charge in [-0.05, 0) is 12.5 Å². The van der Waals surface area contributed by atoms with Crippen LogP contribution in [0.5, 0.6) is 0 Å². The monoisotopic (exact) mass is 255 g/mol. The lowest BCUT2D eigenvalue weighted by Gasteiger charge is -2.09. The maximum Gasteiger partial charge on any atom is 0.132 e. The molecule has 2 aromatic rings. The van der Waals surface area contributed by atoms with E-state index in [9.17, 15) is 0 Å². The molecule has 2 N–H and O–H groups in total. The Balaban J connectivity index is 2.62. The van der Waals surface area contributed by atoms with E-state index in [2.05, 4.69) is 39.5 Å². The normalized spacial score (nSPS) is 10.9. The number of nitrogens with zero attached hydrogens (tertiary/aromatic N) is 2. The van der Waals surface area contributed by atoms with Crippen LogP contribution in [0.15, 0.2) is 36.9 Å². The summed E-state index contributed by atoms with van der Waals surface area (Å²) in [5, 5.41) is 0. The van der Waals surface area contributed by atoms with Crippen molar-refractivity contribution in [3.8, 4) is 11.3 Å². The van der Waals surface area contributed by atoms with Crippen molar-refractivity contribution in [1.82, 2.24) is 9.55 Å². The molecular formula is C16H21N3. The molecule has 2 rings (SSSR count). The molecule has 3 nitrogen and oxygen atoms in total. The summed E-state index contributed by atoms with van der Waals surface area (Å²) in [5.41, 5.74) is 9.45. The number of nitrogens with two attached hydrogens (primary N) is 1. The second-order valence-electron chi connectivity index (χ2n) is 5.07. The van der Waals surface area contributed by atoms with Crippen LogP contribution in [0, 0.1) is 6.92 Å². The van der Waals surface area contributed by atoms with Crippen LogP contribution in [0.2, 0.25) is 0 Å². The van der Waals surface area contributed by atoms with Crippen molar-refractivity contribution >= 4 is 5.82 Å². The second kappa shape index (κ2) is 5.31. The fourth-order valence-electron chi connectivity index (χ4n) is 2.28. The molecule has 0 bridgehead atoms. The van der Waals surface area contributed by atoms with E-state index in [0.29, 0.717) is 12.5 Å². The van der Waals surface area contributed by atoms with Gasteiger partial charge in [0.2, 0.25) is 0 Å². The van der Waals surface area contributed by atoms with Gasteiger partial charge in [0.15, 0.2) is 0 Å². The number of hydrogen-bond acceptors (Lipinski definition) is 2. The SMILES string of the molecule is C=CCn1c(C(C)C)nc(-c2ccccc2C)c1N. The topological polar surface area (TPSA) is 43.8 Å². The van der Waals surface area contributed by atoms with E-state index in [4.69, 9.17) is 10.7 Å². The van der Waals surface area contributed by atoms with Gasteiger partial charge in [-0.25, -0.2) is 4.98 Å². The van der Waals surface area contributed by atoms with Gasteiger partial charge < -0.3 is 10.3 Å². The summed E-state index contributed by atoms with van der Waals surface area (Å²) in [6, 6.07) is 8.19. The average Bonchev–Trinajstić information content (AvgIpc) is 2.69. The van der Waals surface area contributed by atoms with Crippen LogP contribution in [0.25, 0.3) is 11.3 Å². The smallest absolute Gasteiger partial charge is 0.132 e. The van der Waals surface area contributed by atoms with Crippen molar-refractivity contribution in [3.63, 3.8) is 0 Å². The van der Waals surface area contributed by atoms with E-state index in [0.717, 1.165) is 22.9 Å². The van der Waals surface area contributed by atoms with Crippen LogP contribution in [0.3, 0.4) is 0 Å². The fourth-order valence-corrected chi connectivity index (χ4v) is 2.28. The Morgan fingerprint density at radius 3 is 2.63 bits per heavy atom. The summed E-state index contributed by atoms with van der Waals surface area (Å²) in [5.74, 6) is 2.06. The maximum absolute atomic E-state index is 6.28. The van der Waals surface area contributed by atoms with Crippen molar-refractivity contribution in [2.75, 3.05) is 5.73 Å². The van der Waals surface area contributed by atoms with Gasteiger partial charge >= 0.3 is 0 Å². The Labute approximate surface area is 114 Å². The summed E-state index contributed by atoms with van der Waals surface area (Å²) in [4.78, 5) is 4.75. The molecule has 1 aromatic heterocycles. The molecule has 0 fully saturated rings. The molecule has 0 atom stereocenters. The summed E-state index contributed by atoms with van der Waals surface area (Å²) in [6.45, 7) is 10.8. The summed E-state index contributed by atoms with van der Waals surface area (Å²) in [6.07, 6.45) is 1.85. The number of rotatable bonds is 4. The molecule has 0 radical (unpaired) electrons. The maximum atomic E-state index is 6.28. The van der Waals surface area contributed by atoms with Crippen LogP contribution in [-0.2, 0) is 6.54 Å². The van der Waals surface area contributed by atoms with Gasteiger partial charge in [-0.1, -0.05) is 44.2 Å². The minimum absolute atomic E-state index is 0.333. The number of aryl methyl sites for hydroxylation is 1. The van der Waals surface area contributed by atoms with E-state index >= 15 is 0 Å². The molecule has 0 unspecified atom stereocenters. The van der Waals surface area contributed by atoms with Crippen molar-refractivity contribution in [2.24, 2.45) is 0 Å². The molecule has 19 heavy (non-hydrogen) atoms. The van der Waals surface area contributed by atoms with Crippen molar-refractivity contribution < 1.29 is 0 Å². The first-order valence-corrected chi connectivity index (χ1v) is 6.59. The summed E-state index contributed by atoms with van der Waals surface area (Å²) in [7, 11) is 0. The second-order valence-corrected chi connectivity index (χ2v) is 5.07. The highest BCUT2D eigenvalue weighted by Crippen LogP contribution is 2.31. The third kappa shape index (κ3) is 2.41. The molecule has 0 aliphatic rings. The molecule has 100 valence electrons. The highest BCUT2D eigenvalue weighted by molar-refractivity contribution is 5.73. The molecule has 0 saturated carbocycles. The van der Waals surface area contributed by atoms with Gasteiger partial charge in [0.05, 0.1) is 0 Å². The summed E-state index contributed by atoms with van der Waals surface area (Å²) < 4.78 is 2.04. The van der Waals surface area contributed by atoms with Crippen molar-refractivity contribution in [1.29, 1.82) is 0 Å². The first kappa shape index (κ1) is 13.4. The Morgan fingerprint density at radius 2 is 2.05 bits per heavy atom. The van der Waals surface area contributed by atoms with Crippen molar-refractivity contribution in [2.45, 2.75) is 33.2 Å². The van der Waals surface area contributed by atoms with E-state index < -0.39 is 0 Å². The zero-order valence-corrected chi connectivity index (χ0v) is 11.9. The van der Waals surface area contributed by atoms with Gasteiger partial charge in [-0.3, -0.25) is 0 Å². The van der Waals surface area contributed by atoms with E-state index in [1.807, 2.05) is 22.8 Å². The number of nitrogen functional groups attached to an aromatic ring is 1. The standard InChI is InChI=1S/C16H21N3/c1-5-10-19-15(17)14(18-16(19)11(2)3)13-9-7-6-8-12(13)4/h5-9,11H,1,10,17H2,2-4H3. The van der Waals surface area contributed by atoms with Crippen LogP contribution in [0.1, 0.15) is 31.2 Å². The average molecular weight is 255 g/mol. The highest BCUT2D eigenvalue weighted by atomic mass is 15.1. The molecule has 0 amide bonds. The summed E-state index contributed by atoms with van der Waals surface area (Å²) >= 11 is 0. The molecule has 0 aliphatic heterocycles. The Morgan fingerprint density at radius 1 is 1.37 bits per heavy atom. The third-order valence-corrected chi connectivity index (χ3v) is 3.26. The molecule has 1 aromatic carbocycles. The lowest BCUT2D eigenvalue weighted by atomic mass is 10.1. The molecule has 3 heteroatoms. The Bertz CT molecular complexity index is 594. The minimum Gasteiger partial charge on any atom is -0.383 e. The zero-order chi connectivity index (χ0) is 14.0. The van der Waals surface area contributed by atoms with Gasteiger partial charge in [-0.15, -0.1) is 6.58 Å². The number of benzene rings is 1. The largest absolute Gasteiger partial charge is 0.383 e. The van der Waals surface area contributed by atoms with E-state index in [-0.39, 0.29) is 0 Å². The van der Waals surface area contributed by atoms with Gasteiger partial charge in [-0.2, -0.15) is 0 Å². The van der Waals surface area contributed by atoms with E-state index in [1.54, 1.807) is 0 Å². The molecule has 0 aliphatic carbocycles. The molecule has 1 heterocycles. The van der Waals surface area contributed by atoms with Gasteiger partial charge in [0, 0.05) is 18.0 Å².